The minimum absolute atomic E-state index is 0.0592. The van der Waals surface area contributed by atoms with Crippen LogP contribution in [0.15, 0.2) is 9.42 Å². The highest BCUT2D eigenvalue weighted by molar-refractivity contribution is 7.89. The normalized spacial score (nSPS) is 12.6. The molecule has 0 saturated heterocycles. The minimum Gasteiger partial charge on any atom is -0.481 e. The van der Waals surface area contributed by atoms with Crippen molar-refractivity contribution < 1.29 is 22.8 Å². The van der Waals surface area contributed by atoms with Gasteiger partial charge in [-0.1, -0.05) is 19.0 Å². The molecule has 8 nitrogen and oxygen atoms in total. The van der Waals surface area contributed by atoms with Gasteiger partial charge in [-0.3, -0.25) is 4.79 Å². The van der Waals surface area contributed by atoms with E-state index in [4.69, 9.17) is 10.3 Å². The summed E-state index contributed by atoms with van der Waals surface area (Å²) in [5, 5.41) is 12.6. The summed E-state index contributed by atoms with van der Waals surface area (Å²) in [5.74, 6) is -1.23. The largest absolute Gasteiger partial charge is 0.481 e. The Balaban J connectivity index is 3.02. The number of anilines is 1. The lowest BCUT2D eigenvalue weighted by atomic mass is 9.83. The minimum atomic E-state index is -3.96. The van der Waals surface area contributed by atoms with E-state index in [1.807, 2.05) is 0 Å². The summed E-state index contributed by atoms with van der Waals surface area (Å²) < 4.78 is 31.3. The fraction of sp³-hybridized carbons (Fsp3) is 0.636. The van der Waals surface area contributed by atoms with Crippen LogP contribution in [-0.4, -0.2) is 31.2 Å². The molecule has 1 rings (SSSR count). The number of aromatic nitrogens is 1. The molecule has 0 aromatic carbocycles. The molecule has 0 amide bonds. The van der Waals surface area contributed by atoms with E-state index in [0.29, 0.717) is 12.8 Å². The third-order valence-corrected chi connectivity index (χ3v) is 5.07. The van der Waals surface area contributed by atoms with E-state index in [9.17, 15) is 18.3 Å². The standard InChI is InChI=1S/C11H19N3O5S/c1-4-11(5-2,10(15)16)6-13-20(17,18)8-7(3)19-14-9(8)12/h13H,4-6H2,1-3H3,(H2,12,14)(H,15,16). The Kier molecular flexibility index (Phi) is 4.77. The molecule has 0 spiro atoms. The van der Waals surface area contributed by atoms with Crippen molar-refractivity contribution in [2.24, 2.45) is 5.41 Å². The number of aliphatic carboxylic acids is 1. The van der Waals surface area contributed by atoms with Gasteiger partial charge in [0.1, 0.15) is 0 Å². The molecular weight excluding hydrogens is 286 g/mol. The lowest BCUT2D eigenvalue weighted by molar-refractivity contribution is -0.149. The van der Waals surface area contributed by atoms with Gasteiger partial charge >= 0.3 is 5.97 Å². The number of carboxylic acids is 1. The van der Waals surface area contributed by atoms with Crippen LogP contribution in [-0.2, 0) is 14.8 Å². The Labute approximate surface area is 117 Å². The molecule has 0 fully saturated rings. The van der Waals surface area contributed by atoms with Crippen molar-refractivity contribution in [2.75, 3.05) is 12.3 Å². The Hall–Kier alpha value is -1.61. The zero-order chi connectivity index (χ0) is 15.6. The van der Waals surface area contributed by atoms with E-state index >= 15 is 0 Å². The molecule has 4 N–H and O–H groups in total. The predicted octanol–water partition coefficient (Wildman–Crippen LogP) is 0.735. The smallest absolute Gasteiger partial charge is 0.310 e. The van der Waals surface area contributed by atoms with Crippen LogP contribution in [0.25, 0.3) is 0 Å². The van der Waals surface area contributed by atoms with Crippen LogP contribution in [0.1, 0.15) is 32.4 Å². The summed E-state index contributed by atoms with van der Waals surface area (Å²) in [6.07, 6.45) is 0.610. The van der Waals surface area contributed by atoms with Crippen LogP contribution in [0.4, 0.5) is 5.82 Å². The number of carboxylic acid groups (broad SMARTS) is 1. The summed E-state index contributed by atoms with van der Waals surface area (Å²) in [6, 6.07) is 0. The second-order valence-electron chi connectivity index (χ2n) is 4.57. The lowest BCUT2D eigenvalue weighted by Gasteiger charge is -2.26. The van der Waals surface area contributed by atoms with Gasteiger partial charge in [-0.25, -0.2) is 13.1 Å². The SMILES string of the molecule is CCC(CC)(CNS(=O)(=O)c1c(N)noc1C)C(=O)O. The van der Waals surface area contributed by atoms with Crippen LogP contribution < -0.4 is 10.5 Å². The molecule has 20 heavy (non-hydrogen) atoms. The Morgan fingerprint density at radius 3 is 2.35 bits per heavy atom. The first kappa shape index (κ1) is 16.4. The number of hydrogen-bond acceptors (Lipinski definition) is 6. The molecular formula is C11H19N3O5S. The van der Waals surface area contributed by atoms with E-state index in [1.165, 1.54) is 6.92 Å². The average Bonchev–Trinajstić information content (AvgIpc) is 2.71. The van der Waals surface area contributed by atoms with Crippen LogP contribution in [0.3, 0.4) is 0 Å². The summed E-state index contributed by atoms with van der Waals surface area (Å²) in [5.41, 5.74) is 4.31. The topological polar surface area (TPSA) is 136 Å². The average molecular weight is 305 g/mol. The maximum absolute atomic E-state index is 12.2. The van der Waals surface area contributed by atoms with Crippen molar-refractivity contribution in [3.63, 3.8) is 0 Å². The maximum atomic E-state index is 12.2. The van der Waals surface area contributed by atoms with E-state index < -0.39 is 21.4 Å². The number of rotatable bonds is 7. The fourth-order valence-electron chi connectivity index (χ4n) is 1.89. The highest BCUT2D eigenvalue weighted by Gasteiger charge is 2.37. The van der Waals surface area contributed by atoms with Crippen LogP contribution in [0.5, 0.6) is 0 Å². The summed E-state index contributed by atoms with van der Waals surface area (Å²) in [6.45, 7) is 4.60. The number of carbonyl (C=O) groups is 1. The molecule has 0 aliphatic carbocycles. The molecule has 0 saturated carbocycles. The first-order valence-corrected chi connectivity index (χ1v) is 7.63. The highest BCUT2D eigenvalue weighted by Crippen LogP contribution is 2.27. The second-order valence-corrected chi connectivity index (χ2v) is 6.27. The first-order valence-electron chi connectivity index (χ1n) is 6.15. The third-order valence-electron chi connectivity index (χ3n) is 3.51. The molecule has 0 atom stereocenters. The molecule has 1 heterocycles. The molecule has 0 aliphatic heterocycles. The van der Waals surface area contributed by atoms with E-state index in [2.05, 4.69) is 9.88 Å². The Bertz CT molecular complexity index is 570. The monoisotopic (exact) mass is 305 g/mol. The second kappa shape index (κ2) is 5.80. The van der Waals surface area contributed by atoms with Crippen molar-refractivity contribution in [3.8, 4) is 0 Å². The third kappa shape index (κ3) is 2.93. The van der Waals surface area contributed by atoms with E-state index in [1.54, 1.807) is 13.8 Å². The zero-order valence-electron chi connectivity index (χ0n) is 11.6. The highest BCUT2D eigenvalue weighted by atomic mass is 32.2. The van der Waals surface area contributed by atoms with Crippen molar-refractivity contribution in [1.29, 1.82) is 0 Å². The van der Waals surface area contributed by atoms with Crippen molar-refractivity contribution in [2.45, 2.75) is 38.5 Å². The van der Waals surface area contributed by atoms with E-state index in [0.717, 1.165) is 0 Å². The molecule has 0 bridgehead atoms. The molecule has 9 heteroatoms. The van der Waals surface area contributed by atoms with Crippen molar-refractivity contribution >= 4 is 21.8 Å². The number of nitrogens with two attached hydrogens (primary N) is 1. The maximum Gasteiger partial charge on any atom is 0.310 e. The van der Waals surface area contributed by atoms with Gasteiger partial charge in [-0.15, -0.1) is 0 Å². The molecule has 0 aliphatic rings. The number of nitrogen functional groups attached to an aromatic ring is 1. The molecule has 114 valence electrons. The van der Waals surface area contributed by atoms with Crippen LogP contribution >= 0.6 is 0 Å². The van der Waals surface area contributed by atoms with Crippen LogP contribution in [0, 0.1) is 12.3 Å². The number of sulfonamides is 1. The van der Waals surface area contributed by atoms with Gasteiger partial charge in [0.2, 0.25) is 10.0 Å². The number of nitrogens with zero attached hydrogens (tertiary/aromatic N) is 1. The lowest BCUT2D eigenvalue weighted by Crippen LogP contribution is -2.42. The summed E-state index contributed by atoms with van der Waals surface area (Å²) in [7, 11) is -3.96. The molecule has 0 unspecified atom stereocenters. The zero-order valence-corrected chi connectivity index (χ0v) is 12.5. The van der Waals surface area contributed by atoms with Gasteiger partial charge in [-0.05, 0) is 19.8 Å². The van der Waals surface area contributed by atoms with Gasteiger partial charge in [0.15, 0.2) is 16.5 Å². The Morgan fingerprint density at radius 2 is 2.00 bits per heavy atom. The number of hydrogen-bond donors (Lipinski definition) is 3. The predicted molar refractivity (Wildman–Crippen MR) is 71.5 cm³/mol. The first-order chi connectivity index (χ1) is 9.20. The van der Waals surface area contributed by atoms with Gasteiger partial charge in [0, 0.05) is 6.54 Å². The Morgan fingerprint density at radius 1 is 1.45 bits per heavy atom. The summed E-state index contributed by atoms with van der Waals surface area (Å²) >= 11 is 0. The van der Waals surface area contributed by atoms with Gasteiger partial charge in [0.25, 0.3) is 0 Å². The summed E-state index contributed by atoms with van der Waals surface area (Å²) in [4.78, 5) is 11.1. The number of nitrogens with one attached hydrogen (secondary N) is 1. The molecule has 0 radical (unpaired) electrons. The van der Waals surface area contributed by atoms with E-state index in [-0.39, 0.29) is 23.0 Å². The van der Waals surface area contributed by atoms with Gasteiger partial charge < -0.3 is 15.4 Å². The fourth-order valence-corrected chi connectivity index (χ4v) is 3.23. The van der Waals surface area contributed by atoms with Crippen molar-refractivity contribution in [1.82, 2.24) is 9.88 Å². The van der Waals surface area contributed by atoms with Gasteiger partial charge in [0.05, 0.1) is 5.41 Å². The molecule has 1 aromatic rings. The quantitative estimate of drug-likeness (QED) is 0.675. The van der Waals surface area contributed by atoms with Crippen LogP contribution in [0.2, 0.25) is 0 Å². The number of aryl methyl sites for hydroxylation is 1. The van der Waals surface area contributed by atoms with Crippen molar-refractivity contribution in [3.05, 3.63) is 5.76 Å². The molecule has 1 aromatic heterocycles. The van der Waals surface area contributed by atoms with Gasteiger partial charge in [-0.2, -0.15) is 0 Å².